The van der Waals surface area contributed by atoms with Crippen molar-refractivity contribution in [2.45, 2.75) is 13.0 Å². The van der Waals surface area contributed by atoms with Gasteiger partial charge in [0.05, 0.1) is 5.52 Å². The van der Waals surface area contributed by atoms with Crippen molar-refractivity contribution in [2.75, 3.05) is 11.9 Å². The van der Waals surface area contributed by atoms with E-state index in [1.807, 2.05) is 30.7 Å². The molecule has 0 fully saturated rings. The molecule has 0 radical (unpaired) electrons. The normalized spacial score (nSPS) is 10.7. The maximum atomic E-state index is 4.50. The number of imidazole rings is 1. The first kappa shape index (κ1) is 13.4. The van der Waals surface area contributed by atoms with E-state index in [1.54, 1.807) is 0 Å². The zero-order valence-corrected chi connectivity index (χ0v) is 11.9. The summed E-state index contributed by atoms with van der Waals surface area (Å²) in [7, 11) is 0. The number of pyridine rings is 1. The molecule has 0 aliphatic heterocycles. The number of anilines is 1. The predicted molar refractivity (Wildman–Crippen MR) is 86.4 cm³/mol. The fourth-order valence-electron chi connectivity index (χ4n) is 2.43. The van der Waals surface area contributed by atoms with E-state index in [4.69, 9.17) is 0 Å². The second kappa shape index (κ2) is 6.22. The molecule has 106 valence electrons. The number of para-hydroxylation sites is 1. The van der Waals surface area contributed by atoms with Crippen LogP contribution in [0, 0.1) is 0 Å². The van der Waals surface area contributed by atoms with Gasteiger partial charge in [-0.1, -0.05) is 30.3 Å². The van der Waals surface area contributed by atoms with Crippen LogP contribution in [0.25, 0.3) is 10.9 Å². The van der Waals surface area contributed by atoms with Gasteiger partial charge in [0.1, 0.15) is 0 Å². The van der Waals surface area contributed by atoms with Crippen molar-refractivity contribution in [1.82, 2.24) is 14.5 Å². The average molecular weight is 278 g/mol. The summed E-state index contributed by atoms with van der Waals surface area (Å²) in [5, 5.41) is 4.42. The van der Waals surface area contributed by atoms with Gasteiger partial charge in [0.15, 0.2) is 0 Å². The molecule has 1 aromatic carbocycles. The van der Waals surface area contributed by atoms with Crippen LogP contribution in [0.5, 0.6) is 0 Å². The van der Waals surface area contributed by atoms with Crippen molar-refractivity contribution < 1.29 is 0 Å². The van der Waals surface area contributed by atoms with Gasteiger partial charge in [-0.3, -0.25) is 4.98 Å². The molecule has 0 saturated heterocycles. The lowest BCUT2D eigenvalue weighted by atomic mass is 10.1. The Labute approximate surface area is 124 Å². The molecule has 4 nitrogen and oxygen atoms in total. The van der Waals surface area contributed by atoms with E-state index in [2.05, 4.69) is 50.7 Å². The van der Waals surface area contributed by atoms with Gasteiger partial charge in [0.25, 0.3) is 0 Å². The number of nitrogens with zero attached hydrogens (tertiary/aromatic N) is 3. The Morgan fingerprint density at radius 3 is 2.95 bits per heavy atom. The Morgan fingerprint density at radius 1 is 1.14 bits per heavy atom. The maximum absolute atomic E-state index is 4.50. The first-order chi connectivity index (χ1) is 10.4. The highest BCUT2D eigenvalue weighted by molar-refractivity contribution is 5.81. The smallest absolute Gasteiger partial charge is 0.203 e. The zero-order valence-electron chi connectivity index (χ0n) is 11.9. The van der Waals surface area contributed by atoms with Crippen LogP contribution in [0.15, 0.2) is 61.6 Å². The number of hydrogen-bond donors (Lipinski definition) is 1. The lowest BCUT2D eigenvalue weighted by Crippen LogP contribution is -2.08. The molecular formula is C17H18N4. The third kappa shape index (κ3) is 2.94. The van der Waals surface area contributed by atoms with Gasteiger partial charge in [-0.05, 0) is 18.1 Å². The summed E-state index contributed by atoms with van der Waals surface area (Å²) in [6.07, 6.45) is 8.40. The monoisotopic (exact) mass is 278 g/mol. The Balaban J connectivity index is 1.78. The van der Waals surface area contributed by atoms with Crippen molar-refractivity contribution in [1.29, 1.82) is 0 Å². The fraction of sp³-hybridized carbons (Fsp3) is 0.176. The average Bonchev–Trinajstić information content (AvgIpc) is 2.98. The quantitative estimate of drug-likeness (QED) is 0.704. The first-order valence-corrected chi connectivity index (χ1v) is 7.07. The Kier molecular flexibility index (Phi) is 3.96. The minimum Gasteiger partial charge on any atom is -0.352 e. The fourth-order valence-corrected chi connectivity index (χ4v) is 2.43. The molecule has 3 aromatic rings. The van der Waals surface area contributed by atoms with Crippen LogP contribution in [-0.4, -0.2) is 21.1 Å². The van der Waals surface area contributed by atoms with Crippen LogP contribution in [0.2, 0.25) is 0 Å². The highest BCUT2D eigenvalue weighted by Crippen LogP contribution is 2.17. The second-order valence-corrected chi connectivity index (χ2v) is 4.86. The minimum atomic E-state index is 0.715. The summed E-state index contributed by atoms with van der Waals surface area (Å²) < 4.78 is 2.12. The Bertz CT molecular complexity index is 740. The summed E-state index contributed by atoms with van der Waals surface area (Å²) in [6.45, 7) is 5.30. The number of aryl methyl sites for hydroxylation is 2. The lowest BCUT2D eigenvalue weighted by molar-refractivity contribution is 0.703. The van der Waals surface area contributed by atoms with E-state index in [1.165, 1.54) is 10.9 Å². The largest absolute Gasteiger partial charge is 0.352 e. The molecule has 2 aromatic heterocycles. The van der Waals surface area contributed by atoms with Crippen molar-refractivity contribution in [3.8, 4) is 0 Å². The van der Waals surface area contributed by atoms with E-state index in [0.29, 0.717) is 6.54 Å². The Morgan fingerprint density at radius 2 is 2.05 bits per heavy atom. The topological polar surface area (TPSA) is 42.7 Å². The van der Waals surface area contributed by atoms with Crippen LogP contribution in [0.3, 0.4) is 0 Å². The summed E-state index contributed by atoms with van der Waals surface area (Å²) in [5.41, 5.74) is 2.34. The molecular weight excluding hydrogens is 260 g/mol. The van der Waals surface area contributed by atoms with E-state index >= 15 is 0 Å². The summed E-state index contributed by atoms with van der Waals surface area (Å²) in [4.78, 5) is 8.82. The van der Waals surface area contributed by atoms with Crippen molar-refractivity contribution in [3.05, 3.63) is 67.1 Å². The molecule has 0 bridgehead atoms. The molecule has 0 atom stereocenters. The van der Waals surface area contributed by atoms with Gasteiger partial charge in [-0.15, -0.1) is 6.58 Å². The molecule has 0 saturated carbocycles. The van der Waals surface area contributed by atoms with Gasteiger partial charge < -0.3 is 9.88 Å². The lowest BCUT2D eigenvalue weighted by Gasteiger charge is -2.10. The van der Waals surface area contributed by atoms with Crippen LogP contribution in [-0.2, 0) is 13.0 Å². The number of hydrogen-bond acceptors (Lipinski definition) is 3. The van der Waals surface area contributed by atoms with Crippen molar-refractivity contribution in [2.24, 2.45) is 0 Å². The highest BCUT2D eigenvalue weighted by Gasteiger charge is 2.05. The van der Waals surface area contributed by atoms with Crippen molar-refractivity contribution >= 4 is 16.9 Å². The summed E-state index contributed by atoms with van der Waals surface area (Å²) >= 11 is 0. The zero-order chi connectivity index (χ0) is 14.5. The SMILES string of the molecule is C=CCNc1nccn1CCc1cccc2cccnc12. The van der Waals surface area contributed by atoms with Gasteiger partial charge >= 0.3 is 0 Å². The minimum absolute atomic E-state index is 0.715. The van der Waals surface area contributed by atoms with Crippen LogP contribution in [0.4, 0.5) is 5.95 Å². The molecule has 0 amide bonds. The Hall–Kier alpha value is -2.62. The second-order valence-electron chi connectivity index (χ2n) is 4.86. The van der Waals surface area contributed by atoms with Crippen LogP contribution >= 0.6 is 0 Å². The highest BCUT2D eigenvalue weighted by atomic mass is 15.2. The molecule has 0 aliphatic carbocycles. The van der Waals surface area contributed by atoms with E-state index in [9.17, 15) is 0 Å². The number of rotatable bonds is 6. The van der Waals surface area contributed by atoms with Crippen LogP contribution < -0.4 is 5.32 Å². The molecule has 1 N–H and O–H groups in total. The van der Waals surface area contributed by atoms with Gasteiger partial charge in [0.2, 0.25) is 5.95 Å². The first-order valence-electron chi connectivity index (χ1n) is 7.07. The third-order valence-electron chi connectivity index (χ3n) is 3.46. The predicted octanol–water partition coefficient (Wildman–Crippen LogP) is 3.27. The van der Waals surface area contributed by atoms with Crippen molar-refractivity contribution in [3.63, 3.8) is 0 Å². The van der Waals surface area contributed by atoms with E-state index in [0.717, 1.165) is 24.4 Å². The number of fused-ring (bicyclic) bond motifs is 1. The van der Waals surface area contributed by atoms with Gasteiger partial charge in [-0.25, -0.2) is 4.98 Å². The van der Waals surface area contributed by atoms with E-state index < -0.39 is 0 Å². The molecule has 0 aliphatic rings. The number of nitrogens with one attached hydrogen (secondary N) is 1. The molecule has 4 heteroatoms. The molecule has 0 spiro atoms. The summed E-state index contributed by atoms with van der Waals surface area (Å²) in [5.74, 6) is 0.878. The maximum Gasteiger partial charge on any atom is 0.203 e. The van der Waals surface area contributed by atoms with Gasteiger partial charge in [0, 0.05) is 37.1 Å². The summed E-state index contributed by atoms with van der Waals surface area (Å²) in [6, 6.07) is 10.4. The van der Waals surface area contributed by atoms with E-state index in [-0.39, 0.29) is 0 Å². The molecule has 21 heavy (non-hydrogen) atoms. The molecule has 0 unspecified atom stereocenters. The van der Waals surface area contributed by atoms with Crippen LogP contribution in [0.1, 0.15) is 5.56 Å². The standard InChI is InChI=1S/C17H18N4/c1-2-9-19-17-20-11-13-21(17)12-8-15-6-3-5-14-7-4-10-18-16(14)15/h2-7,10-11,13H,1,8-9,12H2,(H,19,20). The third-order valence-corrected chi connectivity index (χ3v) is 3.46. The molecule has 3 rings (SSSR count). The van der Waals surface area contributed by atoms with Gasteiger partial charge in [-0.2, -0.15) is 0 Å². The number of benzene rings is 1. The molecule has 2 heterocycles. The number of aromatic nitrogens is 3.